The number of hydrogen-bond acceptors (Lipinski definition) is 4. The van der Waals surface area contributed by atoms with Crippen molar-refractivity contribution in [2.75, 3.05) is 13.2 Å². The fourth-order valence-electron chi connectivity index (χ4n) is 2.14. The van der Waals surface area contributed by atoms with Crippen LogP contribution in [0.25, 0.3) is 0 Å². The van der Waals surface area contributed by atoms with Crippen LogP contribution in [0, 0.1) is 0 Å². The Morgan fingerprint density at radius 3 is 2.52 bits per heavy atom. The molecule has 0 heterocycles. The van der Waals surface area contributed by atoms with Crippen molar-refractivity contribution in [2.24, 2.45) is 0 Å². The lowest BCUT2D eigenvalue weighted by molar-refractivity contribution is 0.0526. The molecule has 23 heavy (non-hydrogen) atoms. The molecule has 5 heteroatoms. The maximum Gasteiger partial charge on any atom is 0.407 e. The van der Waals surface area contributed by atoms with Crippen molar-refractivity contribution in [1.82, 2.24) is 10.6 Å². The van der Waals surface area contributed by atoms with Crippen molar-refractivity contribution in [3.63, 3.8) is 0 Å². The minimum absolute atomic E-state index is 0.0803. The molecule has 5 nitrogen and oxygen atoms in total. The third kappa shape index (κ3) is 9.92. The zero-order valence-electron chi connectivity index (χ0n) is 14.5. The Hall–Kier alpha value is -1.59. The van der Waals surface area contributed by atoms with Crippen LogP contribution in [0.1, 0.15) is 45.6 Å². The average Bonchev–Trinajstić information content (AvgIpc) is 2.49. The molecule has 1 aromatic rings. The summed E-state index contributed by atoms with van der Waals surface area (Å²) in [6.45, 7) is 6.99. The summed E-state index contributed by atoms with van der Waals surface area (Å²) in [6.07, 6.45) is 2.30. The third-order valence-electron chi connectivity index (χ3n) is 3.31. The zero-order valence-corrected chi connectivity index (χ0v) is 14.5. The highest BCUT2D eigenvalue weighted by molar-refractivity contribution is 5.67. The number of ether oxygens (including phenoxy) is 1. The first-order valence-corrected chi connectivity index (χ1v) is 8.26. The van der Waals surface area contributed by atoms with E-state index in [1.807, 2.05) is 39.0 Å². The Morgan fingerprint density at radius 2 is 1.91 bits per heavy atom. The molecule has 0 aromatic heterocycles. The smallest absolute Gasteiger partial charge is 0.407 e. The molecule has 0 bridgehead atoms. The Labute approximate surface area is 139 Å². The van der Waals surface area contributed by atoms with Gasteiger partial charge in [-0.25, -0.2) is 4.79 Å². The number of aliphatic hydroxyl groups excluding tert-OH is 1. The van der Waals surface area contributed by atoms with Crippen LogP contribution < -0.4 is 10.6 Å². The summed E-state index contributed by atoms with van der Waals surface area (Å²) >= 11 is 0. The zero-order chi connectivity index (χ0) is 17.1. The molecule has 0 aliphatic heterocycles. The molecule has 0 aliphatic carbocycles. The van der Waals surface area contributed by atoms with Crippen LogP contribution in [0.3, 0.4) is 0 Å². The van der Waals surface area contributed by atoms with Crippen molar-refractivity contribution >= 4 is 6.09 Å². The fraction of sp³-hybridized carbons (Fsp3) is 0.611. The number of amides is 1. The van der Waals surface area contributed by atoms with E-state index in [9.17, 15) is 9.90 Å². The molecule has 0 unspecified atom stereocenters. The van der Waals surface area contributed by atoms with Crippen molar-refractivity contribution in [3.05, 3.63) is 35.9 Å². The van der Waals surface area contributed by atoms with E-state index in [2.05, 4.69) is 22.8 Å². The van der Waals surface area contributed by atoms with Gasteiger partial charge in [-0.15, -0.1) is 0 Å². The van der Waals surface area contributed by atoms with Gasteiger partial charge in [-0.05, 0) is 39.2 Å². The molecule has 0 saturated carbocycles. The summed E-state index contributed by atoms with van der Waals surface area (Å²) in [5.41, 5.74) is 0.741. The number of alkyl carbamates (subject to hydrolysis) is 1. The van der Waals surface area contributed by atoms with Crippen molar-refractivity contribution in [2.45, 2.75) is 58.2 Å². The SMILES string of the molecule is CC(C)(C)OC(=O)NCCCC[C@@H](CO)NCc1ccccc1. The van der Waals surface area contributed by atoms with Gasteiger partial charge in [0, 0.05) is 19.1 Å². The van der Waals surface area contributed by atoms with Crippen LogP contribution in [0.15, 0.2) is 30.3 Å². The van der Waals surface area contributed by atoms with E-state index in [-0.39, 0.29) is 18.7 Å². The molecule has 0 fully saturated rings. The van der Waals surface area contributed by atoms with Crippen LogP contribution in [-0.4, -0.2) is 36.0 Å². The Bertz CT molecular complexity index is 443. The van der Waals surface area contributed by atoms with Gasteiger partial charge in [0.05, 0.1) is 6.61 Å². The number of nitrogens with one attached hydrogen (secondary N) is 2. The van der Waals surface area contributed by atoms with Crippen LogP contribution >= 0.6 is 0 Å². The summed E-state index contributed by atoms with van der Waals surface area (Å²) in [5, 5.41) is 15.5. The molecular formula is C18H30N2O3. The van der Waals surface area contributed by atoms with Crippen molar-refractivity contribution < 1.29 is 14.6 Å². The lowest BCUT2D eigenvalue weighted by Gasteiger charge is -2.20. The highest BCUT2D eigenvalue weighted by Crippen LogP contribution is 2.07. The van der Waals surface area contributed by atoms with Crippen LogP contribution in [0.4, 0.5) is 4.79 Å². The molecule has 0 saturated heterocycles. The Morgan fingerprint density at radius 1 is 1.22 bits per heavy atom. The number of carbonyl (C=O) groups is 1. The van der Waals surface area contributed by atoms with E-state index in [4.69, 9.17) is 4.74 Å². The monoisotopic (exact) mass is 322 g/mol. The van der Waals surface area contributed by atoms with E-state index in [0.717, 1.165) is 25.8 Å². The molecule has 1 aromatic carbocycles. The quantitative estimate of drug-likeness (QED) is 0.611. The highest BCUT2D eigenvalue weighted by atomic mass is 16.6. The number of benzene rings is 1. The van der Waals surface area contributed by atoms with Gasteiger partial charge in [-0.1, -0.05) is 36.8 Å². The topological polar surface area (TPSA) is 70.6 Å². The maximum atomic E-state index is 11.5. The van der Waals surface area contributed by atoms with E-state index < -0.39 is 5.60 Å². The second-order valence-corrected chi connectivity index (χ2v) is 6.67. The fourth-order valence-corrected chi connectivity index (χ4v) is 2.14. The first-order valence-electron chi connectivity index (χ1n) is 8.26. The largest absolute Gasteiger partial charge is 0.444 e. The summed E-state index contributed by atoms with van der Waals surface area (Å²) in [6, 6.07) is 10.2. The van der Waals surface area contributed by atoms with Gasteiger partial charge < -0.3 is 20.5 Å². The second-order valence-electron chi connectivity index (χ2n) is 6.67. The van der Waals surface area contributed by atoms with Crippen LogP contribution in [-0.2, 0) is 11.3 Å². The standard InChI is InChI=1S/C18H30N2O3/c1-18(2,3)23-17(22)19-12-8-7-11-16(14-21)20-13-15-9-5-4-6-10-15/h4-6,9-10,16,20-21H,7-8,11-14H2,1-3H3,(H,19,22)/t16-/m0/s1. The van der Waals surface area contributed by atoms with Gasteiger partial charge in [-0.2, -0.15) is 0 Å². The minimum atomic E-state index is -0.465. The lowest BCUT2D eigenvalue weighted by atomic mass is 10.1. The van der Waals surface area contributed by atoms with Gasteiger partial charge in [0.25, 0.3) is 0 Å². The first-order chi connectivity index (χ1) is 10.9. The summed E-state index contributed by atoms with van der Waals surface area (Å²) < 4.78 is 5.17. The maximum absolute atomic E-state index is 11.5. The predicted molar refractivity (Wildman–Crippen MR) is 92.2 cm³/mol. The number of aliphatic hydroxyl groups is 1. The molecule has 130 valence electrons. The normalized spacial score (nSPS) is 12.7. The van der Waals surface area contributed by atoms with E-state index in [1.54, 1.807) is 0 Å². The predicted octanol–water partition coefficient (Wildman–Crippen LogP) is 2.83. The van der Waals surface area contributed by atoms with Gasteiger partial charge >= 0.3 is 6.09 Å². The van der Waals surface area contributed by atoms with Gasteiger partial charge in [0.1, 0.15) is 5.60 Å². The highest BCUT2D eigenvalue weighted by Gasteiger charge is 2.15. The van der Waals surface area contributed by atoms with Crippen LogP contribution in [0.2, 0.25) is 0 Å². The van der Waals surface area contributed by atoms with Gasteiger partial charge in [-0.3, -0.25) is 0 Å². The molecule has 1 amide bonds. The minimum Gasteiger partial charge on any atom is -0.444 e. The Balaban J connectivity index is 2.12. The third-order valence-corrected chi connectivity index (χ3v) is 3.31. The molecular weight excluding hydrogens is 292 g/mol. The van der Waals surface area contributed by atoms with Gasteiger partial charge in [0.15, 0.2) is 0 Å². The van der Waals surface area contributed by atoms with E-state index in [0.29, 0.717) is 6.54 Å². The first kappa shape index (κ1) is 19.5. The summed E-state index contributed by atoms with van der Waals surface area (Å²) in [4.78, 5) is 11.5. The molecule has 0 spiro atoms. The Kier molecular flexibility index (Phi) is 8.66. The molecule has 0 aliphatic rings. The van der Waals surface area contributed by atoms with Crippen LogP contribution in [0.5, 0.6) is 0 Å². The number of hydrogen-bond donors (Lipinski definition) is 3. The summed E-state index contributed by atoms with van der Waals surface area (Å²) in [5.74, 6) is 0. The molecule has 3 N–H and O–H groups in total. The van der Waals surface area contributed by atoms with Crippen molar-refractivity contribution in [3.8, 4) is 0 Å². The average molecular weight is 322 g/mol. The van der Waals surface area contributed by atoms with Gasteiger partial charge in [0.2, 0.25) is 0 Å². The van der Waals surface area contributed by atoms with E-state index in [1.165, 1.54) is 5.56 Å². The number of rotatable bonds is 9. The second kappa shape index (κ2) is 10.2. The summed E-state index contributed by atoms with van der Waals surface area (Å²) in [7, 11) is 0. The lowest BCUT2D eigenvalue weighted by Crippen LogP contribution is -2.34. The number of carbonyl (C=O) groups excluding carboxylic acids is 1. The molecule has 0 radical (unpaired) electrons. The van der Waals surface area contributed by atoms with Crippen molar-refractivity contribution in [1.29, 1.82) is 0 Å². The molecule has 1 atom stereocenters. The number of unbranched alkanes of at least 4 members (excludes halogenated alkanes) is 1. The molecule has 1 rings (SSSR count). The van der Waals surface area contributed by atoms with E-state index >= 15 is 0 Å².